The van der Waals surface area contributed by atoms with E-state index >= 15 is 0 Å². The molecule has 3 heteroatoms. The minimum Gasteiger partial charge on any atom is -0.398 e. The van der Waals surface area contributed by atoms with Crippen LogP contribution in [0.3, 0.4) is 0 Å². The van der Waals surface area contributed by atoms with E-state index in [-0.39, 0.29) is 11.9 Å². The monoisotopic (exact) mass is 194 g/mol. The lowest BCUT2D eigenvalue weighted by Gasteiger charge is -2.25. The first-order chi connectivity index (χ1) is 6.61. The first-order valence-electron chi connectivity index (χ1n) is 4.94. The summed E-state index contributed by atoms with van der Waals surface area (Å²) in [6.45, 7) is 1.92. The summed E-state index contributed by atoms with van der Waals surface area (Å²) in [6.07, 6.45) is 2.68. The number of rotatable bonds is 0. The molecule has 0 saturated heterocycles. The van der Waals surface area contributed by atoms with E-state index in [1.807, 2.05) is 6.92 Å². The minimum absolute atomic E-state index is 0.0447. The topological polar surface area (TPSA) is 52.0 Å². The van der Waals surface area contributed by atoms with Crippen LogP contribution in [0.1, 0.15) is 35.6 Å². The van der Waals surface area contributed by atoms with E-state index in [9.17, 15) is 4.39 Å². The maximum atomic E-state index is 13.5. The van der Waals surface area contributed by atoms with Crippen molar-refractivity contribution in [3.8, 4) is 0 Å². The summed E-state index contributed by atoms with van der Waals surface area (Å²) in [5.74, 6) is -0.196. The zero-order valence-electron chi connectivity index (χ0n) is 8.31. The van der Waals surface area contributed by atoms with Crippen LogP contribution in [-0.2, 0) is 6.42 Å². The third-order valence-corrected chi connectivity index (χ3v) is 3.05. The molecule has 14 heavy (non-hydrogen) atoms. The molecule has 2 nitrogen and oxygen atoms in total. The quantitative estimate of drug-likeness (QED) is 0.621. The Morgan fingerprint density at radius 2 is 2.21 bits per heavy atom. The lowest BCUT2D eigenvalue weighted by atomic mass is 9.84. The Bertz CT molecular complexity index is 374. The maximum absolute atomic E-state index is 13.5. The fourth-order valence-corrected chi connectivity index (χ4v) is 2.24. The average molecular weight is 194 g/mol. The van der Waals surface area contributed by atoms with Crippen LogP contribution in [0.15, 0.2) is 6.07 Å². The lowest BCUT2D eigenvalue weighted by Crippen LogP contribution is -2.20. The van der Waals surface area contributed by atoms with Gasteiger partial charge in [-0.1, -0.05) is 0 Å². The van der Waals surface area contributed by atoms with Gasteiger partial charge in [-0.25, -0.2) is 4.39 Å². The fourth-order valence-electron chi connectivity index (χ4n) is 2.24. The van der Waals surface area contributed by atoms with Gasteiger partial charge in [-0.05, 0) is 48.9 Å². The highest BCUT2D eigenvalue weighted by atomic mass is 19.1. The van der Waals surface area contributed by atoms with Crippen LogP contribution in [0, 0.1) is 12.7 Å². The van der Waals surface area contributed by atoms with Crippen molar-refractivity contribution in [2.45, 2.75) is 32.2 Å². The minimum atomic E-state index is -0.196. The van der Waals surface area contributed by atoms with Crippen LogP contribution >= 0.6 is 0 Å². The van der Waals surface area contributed by atoms with Gasteiger partial charge in [-0.2, -0.15) is 0 Å². The number of nitrogen functional groups attached to an aromatic ring is 1. The normalized spacial score (nSPS) is 20.6. The van der Waals surface area contributed by atoms with Crippen LogP contribution in [0.4, 0.5) is 10.1 Å². The van der Waals surface area contributed by atoms with Crippen LogP contribution in [0.2, 0.25) is 0 Å². The third kappa shape index (κ3) is 1.28. The van der Waals surface area contributed by atoms with Crippen molar-refractivity contribution in [2.24, 2.45) is 5.73 Å². The Kier molecular flexibility index (Phi) is 2.19. The number of benzene rings is 1. The molecule has 1 aliphatic carbocycles. The zero-order chi connectivity index (χ0) is 10.3. The molecule has 0 aromatic heterocycles. The number of hydrogen-bond donors (Lipinski definition) is 2. The molecular formula is C11H15FN2. The van der Waals surface area contributed by atoms with Gasteiger partial charge in [0.1, 0.15) is 5.82 Å². The summed E-state index contributed by atoms with van der Waals surface area (Å²) >= 11 is 0. The molecule has 0 bridgehead atoms. The number of anilines is 1. The van der Waals surface area contributed by atoms with Gasteiger partial charge < -0.3 is 11.5 Å². The number of fused-ring (bicyclic) bond motifs is 1. The highest BCUT2D eigenvalue weighted by Gasteiger charge is 2.23. The van der Waals surface area contributed by atoms with Crippen LogP contribution in [0.5, 0.6) is 0 Å². The van der Waals surface area contributed by atoms with Gasteiger partial charge in [-0.15, -0.1) is 0 Å². The van der Waals surface area contributed by atoms with Gasteiger partial charge in [-0.3, -0.25) is 0 Å². The van der Waals surface area contributed by atoms with Gasteiger partial charge in [0.15, 0.2) is 0 Å². The first kappa shape index (κ1) is 9.46. The van der Waals surface area contributed by atoms with Crippen molar-refractivity contribution in [2.75, 3.05) is 5.73 Å². The van der Waals surface area contributed by atoms with Crippen LogP contribution in [-0.4, -0.2) is 0 Å². The molecular weight excluding hydrogens is 179 g/mol. The van der Waals surface area contributed by atoms with Crippen molar-refractivity contribution in [3.63, 3.8) is 0 Å². The molecule has 2 rings (SSSR count). The van der Waals surface area contributed by atoms with Crippen molar-refractivity contribution in [3.05, 3.63) is 28.6 Å². The Labute approximate surface area is 83.1 Å². The molecule has 0 amide bonds. The highest BCUT2D eigenvalue weighted by molar-refractivity contribution is 5.55. The summed E-state index contributed by atoms with van der Waals surface area (Å²) in [7, 11) is 0. The second kappa shape index (κ2) is 3.24. The molecule has 1 aromatic rings. The molecule has 0 fully saturated rings. The third-order valence-electron chi connectivity index (χ3n) is 3.05. The molecule has 0 heterocycles. The van der Waals surface area contributed by atoms with E-state index in [0.717, 1.165) is 36.0 Å². The molecule has 0 saturated carbocycles. The smallest absolute Gasteiger partial charge is 0.128 e. The second-order valence-electron chi connectivity index (χ2n) is 3.96. The van der Waals surface area contributed by atoms with E-state index in [0.29, 0.717) is 5.69 Å². The maximum Gasteiger partial charge on any atom is 0.128 e. The summed E-state index contributed by atoms with van der Waals surface area (Å²) in [5.41, 5.74) is 14.9. The fraction of sp³-hybridized carbons (Fsp3) is 0.455. The standard InChI is InChI=1S/C11H15FN2/c1-6-10(14)5-8(12)7-3-2-4-9(13)11(6)7/h5,9H,2-4,13-14H2,1H3/t9-/m0/s1. The van der Waals surface area contributed by atoms with E-state index in [2.05, 4.69) is 0 Å². The first-order valence-corrected chi connectivity index (χ1v) is 4.94. The molecule has 1 aromatic carbocycles. The molecule has 0 unspecified atom stereocenters. The van der Waals surface area contributed by atoms with Gasteiger partial charge >= 0.3 is 0 Å². The van der Waals surface area contributed by atoms with E-state index in [1.54, 1.807) is 0 Å². The molecule has 0 radical (unpaired) electrons. The van der Waals surface area contributed by atoms with Crippen molar-refractivity contribution in [1.29, 1.82) is 0 Å². The zero-order valence-corrected chi connectivity index (χ0v) is 8.31. The summed E-state index contributed by atoms with van der Waals surface area (Å²) < 4.78 is 13.5. The number of hydrogen-bond acceptors (Lipinski definition) is 2. The molecule has 0 spiro atoms. The Hall–Kier alpha value is -1.09. The predicted octanol–water partition coefficient (Wildman–Crippen LogP) is 2.05. The Morgan fingerprint density at radius 1 is 1.50 bits per heavy atom. The number of halogens is 1. The summed E-state index contributed by atoms with van der Waals surface area (Å²) in [5, 5.41) is 0. The van der Waals surface area contributed by atoms with Gasteiger partial charge in [0.2, 0.25) is 0 Å². The van der Waals surface area contributed by atoms with Crippen molar-refractivity contribution >= 4 is 5.69 Å². The molecule has 4 N–H and O–H groups in total. The summed E-state index contributed by atoms with van der Waals surface area (Å²) in [4.78, 5) is 0. The molecule has 1 aliphatic rings. The highest BCUT2D eigenvalue weighted by Crippen LogP contribution is 2.34. The van der Waals surface area contributed by atoms with E-state index in [1.165, 1.54) is 6.07 Å². The second-order valence-corrected chi connectivity index (χ2v) is 3.96. The average Bonchev–Trinajstić information content (AvgIpc) is 2.14. The predicted molar refractivity (Wildman–Crippen MR) is 55.4 cm³/mol. The van der Waals surface area contributed by atoms with E-state index in [4.69, 9.17) is 11.5 Å². The van der Waals surface area contributed by atoms with Crippen LogP contribution < -0.4 is 11.5 Å². The lowest BCUT2D eigenvalue weighted by molar-refractivity contribution is 0.529. The van der Waals surface area contributed by atoms with Gasteiger partial charge in [0.25, 0.3) is 0 Å². The van der Waals surface area contributed by atoms with Crippen molar-refractivity contribution < 1.29 is 4.39 Å². The number of nitrogens with two attached hydrogens (primary N) is 2. The van der Waals surface area contributed by atoms with Crippen LogP contribution in [0.25, 0.3) is 0 Å². The molecule has 76 valence electrons. The largest absolute Gasteiger partial charge is 0.398 e. The van der Waals surface area contributed by atoms with Gasteiger partial charge in [0.05, 0.1) is 0 Å². The summed E-state index contributed by atoms with van der Waals surface area (Å²) in [6, 6.07) is 1.36. The van der Waals surface area contributed by atoms with E-state index < -0.39 is 0 Å². The molecule has 0 aliphatic heterocycles. The Morgan fingerprint density at radius 3 is 2.93 bits per heavy atom. The Balaban J connectivity index is 2.67. The molecule has 1 atom stereocenters. The van der Waals surface area contributed by atoms with Crippen molar-refractivity contribution in [1.82, 2.24) is 0 Å². The van der Waals surface area contributed by atoms with Gasteiger partial charge in [0, 0.05) is 11.7 Å². The SMILES string of the molecule is Cc1c(N)cc(F)c2c1[C@@H](N)CCC2.